The predicted octanol–water partition coefficient (Wildman–Crippen LogP) is 2.84. The van der Waals surface area contributed by atoms with Gasteiger partial charge in [0.25, 0.3) is 0 Å². The minimum absolute atomic E-state index is 0.0803. The summed E-state index contributed by atoms with van der Waals surface area (Å²) < 4.78 is 34.6. The van der Waals surface area contributed by atoms with E-state index in [1.54, 1.807) is 38.3 Å². The molecule has 1 fully saturated rings. The van der Waals surface area contributed by atoms with Gasteiger partial charge in [-0.15, -0.1) is 0 Å². The molecule has 7 nitrogen and oxygen atoms in total. The lowest BCUT2D eigenvalue weighted by atomic mass is 9.99. The van der Waals surface area contributed by atoms with Crippen LogP contribution in [-0.2, 0) is 21.4 Å². The Morgan fingerprint density at radius 1 is 1.16 bits per heavy atom. The molecule has 0 aliphatic carbocycles. The van der Waals surface area contributed by atoms with Gasteiger partial charge in [0.05, 0.1) is 18.7 Å². The first-order valence-electron chi connectivity index (χ1n) is 10.7. The fourth-order valence-corrected chi connectivity index (χ4v) is 5.57. The number of nitrogens with one attached hydrogen (secondary N) is 1. The molecule has 1 aliphatic heterocycles. The summed E-state index contributed by atoms with van der Waals surface area (Å²) in [6, 6.07) is 16.9. The maximum absolute atomic E-state index is 13.3. The van der Waals surface area contributed by atoms with Crippen LogP contribution < -0.4 is 14.4 Å². The first-order valence-corrected chi connectivity index (χ1v) is 12.1. The zero-order valence-corrected chi connectivity index (χ0v) is 19.0. The molecule has 2 aromatic carbocycles. The summed E-state index contributed by atoms with van der Waals surface area (Å²) >= 11 is 0. The van der Waals surface area contributed by atoms with E-state index in [1.807, 2.05) is 30.3 Å². The van der Waals surface area contributed by atoms with Crippen LogP contribution in [-0.4, -0.2) is 51.9 Å². The van der Waals surface area contributed by atoms with Crippen molar-refractivity contribution in [3.05, 3.63) is 60.2 Å². The maximum atomic E-state index is 13.3. The Labute approximate surface area is 185 Å². The number of benzene rings is 2. The van der Waals surface area contributed by atoms with Gasteiger partial charge in [-0.3, -0.25) is 9.10 Å². The SMILES string of the molecule is CCN(c1ccc(OC)cc1)S(=O)(=O)N1CCC[C@@H](C(=O)NCCc2ccccc2)C1. The summed E-state index contributed by atoms with van der Waals surface area (Å²) in [6.07, 6.45) is 2.11. The number of methoxy groups -OCH3 is 1. The molecule has 1 heterocycles. The number of carbonyl (C=O) groups excluding carboxylic acids is 1. The Bertz CT molecular complexity index is 949. The van der Waals surface area contributed by atoms with Crippen LogP contribution in [0.4, 0.5) is 5.69 Å². The third kappa shape index (κ3) is 5.77. The van der Waals surface area contributed by atoms with Crippen LogP contribution >= 0.6 is 0 Å². The minimum atomic E-state index is -3.73. The van der Waals surface area contributed by atoms with Gasteiger partial charge >= 0.3 is 10.2 Å². The van der Waals surface area contributed by atoms with Crippen LogP contribution in [0, 0.1) is 5.92 Å². The zero-order valence-electron chi connectivity index (χ0n) is 18.2. The topological polar surface area (TPSA) is 79.0 Å². The first kappa shape index (κ1) is 23.1. The van der Waals surface area contributed by atoms with E-state index >= 15 is 0 Å². The quantitative estimate of drug-likeness (QED) is 0.644. The van der Waals surface area contributed by atoms with Gasteiger partial charge in [0.1, 0.15) is 5.75 Å². The van der Waals surface area contributed by atoms with Crippen molar-refractivity contribution in [1.82, 2.24) is 9.62 Å². The van der Waals surface area contributed by atoms with E-state index in [1.165, 1.54) is 8.61 Å². The van der Waals surface area contributed by atoms with E-state index in [0.717, 1.165) is 12.0 Å². The van der Waals surface area contributed by atoms with Gasteiger partial charge in [0.15, 0.2) is 0 Å². The highest BCUT2D eigenvalue weighted by molar-refractivity contribution is 7.90. The van der Waals surface area contributed by atoms with Gasteiger partial charge in [0.2, 0.25) is 5.91 Å². The van der Waals surface area contributed by atoms with Crippen LogP contribution in [0.15, 0.2) is 54.6 Å². The molecule has 2 aromatic rings. The monoisotopic (exact) mass is 445 g/mol. The van der Waals surface area contributed by atoms with Gasteiger partial charge in [-0.1, -0.05) is 30.3 Å². The minimum Gasteiger partial charge on any atom is -0.497 e. The number of hydrogen-bond acceptors (Lipinski definition) is 4. The van der Waals surface area contributed by atoms with Gasteiger partial charge in [-0.25, -0.2) is 0 Å². The predicted molar refractivity (Wildman–Crippen MR) is 122 cm³/mol. The Balaban J connectivity index is 1.62. The zero-order chi connectivity index (χ0) is 22.3. The third-order valence-electron chi connectivity index (χ3n) is 5.56. The second-order valence-electron chi connectivity index (χ2n) is 7.59. The second-order valence-corrected chi connectivity index (χ2v) is 9.45. The molecule has 1 aliphatic rings. The molecule has 0 bridgehead atoms. The van der Waals surface area contributed by atoms with Crippen molar-refractivity contribution in [2.45, 2.75) is 26.2 Å². The highest BCUT2D eigenvalue weighted by Gasteiger charge is 2.35. The molecule has 1 saturated heterocycles. The van der Waals surface area contributed by atoms with Gasteiger partial charge in [-0.2, -0.15) is 12.7 Å². The number of piperidine rings is 1. The van der Waals surface area contributed by atoms with E-state index < -0.39 is 10.2 Å². The molecule has 1 N–H and O–H groups in total. The Morgan fingerprint density at radius 3 is 2.52 bits per heavy atom. The van der Waals surface area contributed by atoms with Crippen LogP contribution in [0.3, 0.4) is 0 Å². The molecule has 0 unspecified atom stereocenters. The van der Waals surface area contributed by atoms with Crippen molar-refractivity contribution in [3.63, 3.8) is 0 Å². The van der Waals surface area contributed by atoms with Crippen LogP contribution in [0.1, 0.15) is 25.3 Å². The van der Waals surface area contributed by atoms with Gasteiger partial charge < -0.3 is 10.1 Å². The van der Waals surface area contributed by atoms with Crippen molar-refractivity contribution < 1.29 is 17.9 Å². The molecule has 0 spiro atoms. The average molecular weight is 446 g/mol. The lowest BCUT2D eigenvalue weighted by Crippen LogP contribution is -2.50. The van der Waals surface area contributed by atoms with Crippen molar-refractivity contribution in [2.75, 3.05) is 37.6 Å². The highest BCUT2D eigenvalue weighted by Crippen LogP contribution is 2.26. The highest BCUT2D eigenvalue weighted by atomic mass is 32.2. The van der Waals surface area contributed by atoms with Crippen LogP contribution in [0.5, 0.6) is 5.75 Å². The third-order valence-corrected chi connectivity index (χ3v) is 7.57. The number of hydrogen-bond donors (Lipinski definition) is 1. The number of carbonyl (C=O) groups is 1. The van der Waals surface area contributed by atoms with E-state index in [9.17, 15) is 13.2 Å². The molecule has 0 aromatic heterocycles. The summed E-state index contributed by atoms with van der Waals surface area (Å²) in [7, 11) is -2.16. The standard InChI is InChI=1S/C23H31N3O4S/c1-3-26(21-11-13-22(30-2)14-12-21)31(28,29)25-17-7-10-20(18-25)23(27)24-16-15-19-8-5-4-6-9-19/h4-6,8-9,11-14,20H,3,7,10,15-18H2,1-2H3,(H,24,27)/t20-/m1/s1. The largest absolute Gasteiger partial charge is 0.497 e. The summed E-state index contributed by atoms with van der Waals surface area (Å²) in [6.45, 7) is 3.27. The van der Waals surface area contributed by atoms with E-state index in [0.29, 0.717) is 43.9 Å². The van der Waals surface area contributed by atoms with Crippen molar-refractivity contribution >= 4 is 21.8 Å². The molecule has 3 rings (SSSR count). The average Bonchev–Trinajstić information content (AvgIpc) is 2.80. The first-order chi connectivity index (χ1) is 15.0. The van der Waals surface area contributed by atoms with Crippen molar-refractivity contribution in [1.29, 1.82) is 0 Å². The smallest absolute Gasteiger partial charge is 0.304 e. The molecule has 0 saturated carbocycles. The summed E-state index contributed by atoms with van der Waals surface area (Å²) in [4.78, 5) is 12.7. The van der Waals surface area contributed by atoms with Gasteiger partial charge in [-0.05, 0) is 56.0 Å². The Kier molecular flexibility index (Phi) is 7.92. The lowest BCUT2D eigenvalue weighted by molar-refractivity contribution is -0.126. The van der Waals surface area contributed by atoms with Crippen LogP contribution in [0.2, 0.25) is 0 Å². The Hall–Kier alpha value is -2.58. The Morgan fingerprint density at radius 2 is 1.87 bits per heavy atom. The molecule has 0 radical (unpaired) electrons. The van der Waals surface area contributed by atoms with E-state index in [4.69, 9.17) is 4.74 Å². The molecular formula is C23H31N3O4S. The van der Waals surface area contributed by atoms with Crippen LogP contribution in [0.25, 0.3) is 0 Å². The number of nitrogens with zero attached hydrogens (tertiary/aromatic N) is 2. The fraction of sp³-hybridized carbons (Fsp3) is 0.435. The molecule has 168 valence electrons. The maximum Gasteiger partial charge on any atom is 0.304 e. The number of rotatable bonds is 9. The van der Waals surface area contributed by atoms with E-state index in [2.05, 4.69) is 5.32 Å². The van der Waals surface area contributed by atoms with E-state index in [-0.39, 0.29) is 18.4 Å². The van der Waals surface area contributed by atoms with Crippen molar-refractivity contribution in [3.8, 4) is 5.75 Å². The molecule has 1 atom stereocenters. The summed E-state index contributed by atoms with van der Waals surface area (Å²) in [5.41, 5.74) is 1.74. The molecular weight excluding hydrogens is 414 g/mol. The fourth-order valence-electron chi connectivity index (χ4n) is 3.85. The molecule has 1 amide bonds. The van der Waals surface area contributed by atoms with Crippen molar-refractivity contribution in [2.24, 2.45) is 5.92 Å². The number of ether oxygens (including phenoxy) is 1. The second kappa shape index (κ2) is 10.6. The van der Waals surface area contributed by atoms with Gasteiger partial charge in [0, 0.05) is 26.2 Å². The molecule has 31 heavy (non-hydrogen) atoms. The number of anilines is 1. The normalized spacial score (nSPS) is 17.2. The summed E-state index contributed by atoms with van der Waals surface area (Å²) in [5, 5.41) is 2.97. The lowest BCUT2D eigenvalue weighted by Gasteiger charge is -2.35. The number of amides is 1. The molecule has 8 heteroatoms. The summed E-state index contributed by atoms with van der Waals surface area (Å²) in [5.74, 6) is 0.250.